The van der Waals surface area contributed by atoms with Gasteiger partial charge in [0.15, 0.2) is 11.5 Å². The van der Waals surface area contributed by atoms with E-state index in [0.717, 1.165) is 11.1 Å². The maximum absolute atomic E-state index is 6.22. The zero-order valence-electron chi connectivity index (χ0n) is 16.1. The van der Waals surface area contributed by atoms with E-state index in [1.807, 2.05) is 49.4 Å². The van der Waals surface area contributed by atoms with Crippen molar-refractivity contribution < 1.29 is 9.47 Å². The first-order valence-corrected chi connectivity index (χ1v) is 10.0. The van der Waals surface area contributed by atoms with E-state index in [1.54, 1.807) is 18.3 Å². The van der Waals surface area contributed by atoms with Crippen LogP contribution in [0.2, 0.25) is 10.0 Å². The molecular formula is C23H22Cl2N2O2. The molecule has 3 rings (SSSR count). The lowest BCUT2D eigenvalue weighted by Gasteiger charge is -2.13. The Morgan fingerprint density at radius 1 is 0.931 bits per heavy atom. The summed E-state index contributed by atoms with van der Waals surface area (Å²) < 4.78 is 11.7. The predicted octanol–water partition coefficient (Wildman–Crippen LogP) is 6.09. The number of benzene rings is 3. The second-order valence-corrected chi connectivity index (χ2v) is 7.09. The highest BCUT2D eigenvalue weighted by atomic mass is 35.5. The zero-order chi connectivity index (χ0) is 20.5. The summed E-state index contributed by atoms with van der Waals surface area (Å²) >= 11 is 12.2. The lowest BCUT2D eigenvalue weighted by molar-refractivity contribution is 0.269. The number of rotatable bonds is 9. The molecule has 4 nitrogen and oxygen atoms in total. The largest absolute Gasteiger partial charge is 0.490 e. The van der Waals surface area contributed by atoms with Crippen LogP contribution in [0.15, 0.2) is 71.8 Å². The number of halogens is 2. The monoisotopic (exact) mass is 428 g/mol. The Bertz CT molecular complexity index is 962. The van der Waals surface area contributed by atoms with Gasteiger partial charge in [0.1, 0.15) is 6.61 Å². The molecule has 0 saturated carbocycles. The normalized spacial score (nSPS) is 10.9. The van der Waals surface area contributed by atoms with Crippen molar-refractivity contribution in [2.24, 2.45) is 5.10 Å². The van der Waals surface area contributed by atoms with Gasteiger partial charge < -0.3 is 14.9 Å². The quantitative estimate of drug-likeness (QED) is 0.330. The second kappa shape index (κ2) is 10.7. The van der Waals surface area contributed by atoms with Gasteiger partial charge in [-0.1, -0.05) is 59.6 Å². The highest BCUT2D eigenvalue weighted by Crippen LogP contribution is 2.30. The number of ether oxygens (including phenoxy) is 2. The fourth-order valence-electron chi connectivity index (χ4n) is 2.64. The molecule has 0 fully saturated rings. The summed E-state index contributed by atoms with van der Waals surface area (Å²) in [5, 5.41) is 5.45. The molecule has 3 aromatic carbocycles. The van der Waals surface area contributed by atoms with Crippen molar-refractivity contribution in [1.29, 1.82) is 0 Å². The van der Waals surface area contributed by atoms with Crippen molar-refractivity contribution in [2.75, 3.05) is 6.61 Å². The average molecular weight is 429 g/mol. The molecule has 0 atom stereocenters. The summed E-state index contributed by atoms with van der Waals surface area (Å²) in [7, 11) is 0. The Labute approximate surface area is 181 Å². The molecule has 1 N–H and O–H groups in total. The number of hydrogen-bond acceptors (Lipinski definition) is 4. The first-order valence-electron chi connectivity index (χ1n) is 9.29. The summed E-state index contributed by atoms with van der Waals surface area (Å²) in [4.78, 5) is 0. The van der Waals surface area contributed by atoms with Crippen LogP contribution in [0.3, 0.4) is 0 Å². The molecule has 0 radical (unpaired) electrons. The van der Waals surface area contributed by atoms with Crippen LogP contribution in [0.4, 0.5) is 0 Å². The minimum Gasteiger partial charge on any atom is -0.490 e. The number of nitrogens with zero attached hydrogens (tertiary/aromatic N) is 1. The van der Waals surface area contributed by atoms with E-state index in [1.165, 1.54) is 5.56 Å². The summed E-state index contributed by atoms with van der Waals surface area (Å²) in [5.41, 5.74) is 5.98. The molecule has 0 saturated heterocycles. The smallest absolute Gasteiger partial charge is 0.161 e. The maximum Gasteiger partial charge on any atom is 0.161 e. The third-order valence-corrected chi connectivity index (χ3v) is 4.68. The Balaban J connectivity index is 1.63. The van der Waals surface area contributed by atoms with Crippen molar-refractivity contribution in [2.45, 2.75) is 20.1 Å². The van der Waals surface area contributed by atoms with Gasteiger partial charge in [0, 0.05) is 15.6 Å². The Hall–Kier alpha value is -2.69. The van der Waals surface area contributed by atoms with E-state index in [-0.39, 0.29) is 0 Å². The van der Waals surface area contributed by atoms with Crippen molar-refractivity contribution in [3.05, 3.63) is 93.5 Å². The maximum atomic E-state index is 6.22. The molecule has 29 heavy (non-hydrogen) atoms. The van der Waals surface area contributed by atoms with E-state index in [0.29, 0.717) is 41.3 Å². The fraction of sp³-hybridized carbons (Fsp3) is 0.174. The number of hydrazone groups is 1. The van der Waals surface area contributed by atoms with Crippen LogP contribution < -0.4 is 14.9 Å². The van der Waals surface area contributed by atoms with Crippen molar-refractivity contribution in [3.8, 4) is 11.5 Å². The van der Waals surface area contributed by atoms with Gasteiger partial charge in [-0.3, -0.25) is 0 Å². The van der Waals surface area contributed by atoms with Crippen LogP contribution in [0, 0.1) is 0 Å². The topological polar surface area (TPSA) is 42.8 Å². The molecule has 0 aromatic heterocycles. The Morgan fingerprint density at radius 2 is 1.76 bits per heavy atom. The van der Waals surface area contributed by atoms with Gasteiger partial charge in [0.05, 0.1) is 19.4 Å². The first kappa shape index (κ1) is 21.0. The van der Waals surface area contributed by atoms with E-state index < -0.39 is 0 Å². The highest BCUT2D eigenvalue weighted by molar-refractivity contribution is 6.35. The summed E-state index contributed by atoms with van der Waals surface area (Å²) in [6.07, 6.45) is 1.76. The highest BCUT2D eigenvalue weighted by Gasteiger charge is 2.08. The summed E-state index contributed by atoms with van der Waals surface area (Å²) in [5.74, 6) is 1.30. The molecule has 0 bridgehead atoms. The van der Waals surface area contributed by atoms with Gasteiger partial charge in [0.25, 0.3) is 0 Å². The third kappa shape index (κ3) is 6.41. The molecule has 6 heteroatoms. The lowest BCUT2D eigenvalue weighted by atomic mass is 10.2. The molecular weight excluding hydrogens is 407 g/mol. The molecule has 0 amide bonds. The van der Waals surface area contributed by atoms with Gasteiger partial charge in [-0.15, -0.1) is 0 Å². The third-order valence-electron chi connectivity index (χ3n) is 4.10. The first-order chi connectivity index (χ1) is 14.2. The van der Waals surface area contributed by atoms with Crippen molar-refractivity contribution >= 4 is 29.4 Å². The van der Waals surface area contributed by atoms with Gasteiger partial charge in [0.2, 0.25) is 0 Å². The van der Waals surface area contributed by atoms with Gasteiger partial charge >= 0.3 is 0 Å². The van der Waals surface area contributed by atoms with Crippen molar-refractivity contribution in [1.82, 2.24) is 5.43 Å². The molecule has 0 spiro atoms. The van der Waals surface area contributed by atoms with Crippen LogP contribution >= 0.6 is 23.2 Å². The second-order valence-electron chi connectivity index (χ2n) is 6.24. The number of hydrogen-bond donors (Lipinski definition) is 1. The number of nitrogens with one attached hydrogen (secondary N) is 1. The van der Waals surface area contributed by atoms with Crippen LogP contribution in [0.5, 0.6) is 11.5 Å². The molecule has 3 aromatic rings. The van der Waals surface area contributed by atoms with Crippen LogP contribution in [-0.4, -0.2) is 12.8 Å². The molecule has 0 aliphatic heterocycles. The predicted molar refractivity (Wildman–Crippen MR) is 119 cm³/mol. The SMILES string of the molecule is CCOc1cc(C=NNCc2ccccc2)ccc1OCc1ccc(Cl)cc1Cl. The standard InChI is InChI=1S/C23H22Cl2N2O2/c1-2-28-23-12-18(15-27-26-14-17-6-4-3-5-7-17)8-11-22(23)29-16-19-9-10-20(24)13-21(19)25/h3-13,15,26H,2,14,16H2,1H3. The van der Waals surface area contributed by atoms with Crippen molar-refractivity contribution in [3.63, 3.8) is 0 Å². The zero-order valence-corrected chi connectivity index (χ0v) is 17.6. The van der Waals surface area contributed by atoms with Crippen LogP contribution in [-0.2, 0) is 13.2 Å². The lowest BCUT2D eigenvalue weighted by Crippen LogP contribution is -2.05. The summed E-state index contributed by atoms with van der Waals surface area (Å²) in [6.45, 7) is 3.45. The van der Waals surface area contributed by atoms with E-state index in [2.05, 4.69) is 22.7 Å². The molecule has 0 heterocycles. The molecule has 0 aliphatic carbocycles. The molecule has 0 unspecified atom stereocenters. The van der Waals surface area contributed by atoms with E-state index >= 15 is 0 Å². The van der Waals surface area contributed by atoms with Gasteiger partial charge in [-0.05, 0) is 48.4 Å². The van der Waals surface area contributed by atoms with Crippen LogP contribution in [0.1, 0.15) is 23.6 Å². The van der Waals surface area contributed by atoms with Gasteiger partial charge in [-0.25, -0.2) is 0 Å². The Kier molecular flexibility index (Phi) is 7.79. The van der Waals surface area contributed by atoms with E-state index in [9.17, 15) is 0 Å². The van der Waals surface area contributed by atoms with Crippen LogP contribution in [0.25, 0.3) is 0 Å². The molecule has 150 valence electrons. The molecule has 0 aliphatic rings. The van der Waals surface area contributed by atoms with Gasteiger partial charge in [-0.2, -0.15) is 5.10 Å². The minimum absolute atomic E-state index is 0.322. The Morgan fingerprint density at radius 3 is 2.52 bits per heavy atom. The summed E-state index contributed by atoms with van der Waals surface area (Å²) in [6, 6.07) is 21.1. The average Bonchev–Trinajstić information content (AvgIpc) is 2.73. The minimum atomic E-state index is 0.322. The van der Waals surface area contributed by atoms with E-state index in [4.69, 9.17) is 32.7 Å². The fourth-order valence-corrected chi connectivity index (χ4v) is 3.10.